The summed E-state index contributed by atoms with van der Waals surface area (Å²) in [5.74, 6) is 0.909. The Hall–Kier alpha value is -1.29. The molecule has 0 aromatic heterocycles. The first-order valence-electron chi connectivity index (χ1n) is 6.61. The third-order valence-corrected chi connectivity index (χ3v) is 3.61. The number of benzene rings is 1. The highest BCUT2D eigenvalue weighted by molar-refractivity contribution is 6.70. The lowest BCUT2D eigenvalue weighted by Crippen LogP contribution is -2.29. The SMILES string of the molecule is C[Si](C)(C)Oc1ccccc1N=CN1CCCC1. The Morgan fingerprint density at radius 3 is 2.50 bits per heavy atom. The van der Waals surface area contributed by atoms with E-state index in [0.29, 0.717) is 0 Å². The van der Waals surface area contributed by atoms with E-state index in [9.17, 15) is 0 Å². The summed E-state index contributed by atoms with van der Waals surface area (Å²) in [5.41, 5.74) is 0.937. The van der Waals surface area contributed by atoms with Crippen LogP contribution in [0.5, 0.6) is 5.75 Å². The molecule has 0 radical (unpaired) electrons. The molecule has 0 N–H and O–H groups in total. The standard InChI is InChI=1S/C14H22N2OSi/c1-18(2,3)17-14-9-5-4-8-13(14)15-12-16-10-6-7-11-16/h4-5,8-9,12H,6-7,10-11H2,1-3H3. The van der Waals surface area contributed by atoms with Gasteiger partial charge in [0.15, 0.2) is 0 Å². The molecule has 1 heterocycles. The Labute approximate surface area is 111 Å². The molecule has 3 nitrogen and oxygen atoms in total. The van der Waals surface area contributed by atoms with E-state index in [4.69, 9.17) is 4.43 Å². The van der Waals surface area contributed by atoms with Crippen molar-refractivity contribution in [1.82, 2.24) is 4.90 Å². The van der Waals surface area contributed by atoms with Gasteiger partial charge in [-0.1, -0.05) is 12.1 Å². The summed E-state index contributed by atoms with van der Waals surface area (Å²) in [4.78, 5) is 6.84. The first-order chi connectivity index (χ1) is 8.54. The molecule has 4 heteroatoms. The van der Waals surface area contributed by atoms with Crippen LogP contribution in [0.1, 0.15) is 12.8 Å². The van der Waals surface area contributed by atoms with Crippen molar-refractivity contribution in [1.29, 1.82) is 0 Å². The summed E-state index contributed by atoms with van der Waals surface area (Å²) >= 11 is 0. The highest BCUT2D eigenvalue weighted by Crippen LogP contribution is 2.29. The third kappa shape index (κ3) is 3.87. The Bertz CT molecular complexity index is 420. The van der Waals surface area contributed by atoms with E-state index < -0.39 is 8.32 Å². The molecule has 0 unspecified atom stereocenters. The van der Waals surface area contributed by atoms with Crippen molar-refractivity contribution >= 4 is 20.3 Å². The molecule has 2 rings (SSSR count). The summed E-state index contributed by atoms with van der Waals surface area (Å²) in [6.07, 6.45) is 4.51. The van der Waals surface area contributed by atoms with Gasteiger partial charge in [-0.2, -0.15) is 0 Å². The molecular formula is C14H22N2OSi. The molecule has 1 aromatic rings. The molecular weight excluding hydrogens is 240 g/mol. The molecule has 0 amide bonds. The van der Waals surface area contributed by atoms with E-state index in [1.54, 1.807) is 0 Å². The molecule has 1 saturated heterocycles. The van der Waals surface area contributed by atoms with Gasteiger partial charge in [0, 0.05) is 13.1 Å². The normalized spacial score (nSPS) is 16.5. The largest absolute Gasteiger partial charge is 0.543 e. The van der Waals surface area contributed by atoms with Crippen molar-refractivity contribution in [2.75, 3.05) is 13.1 Å². The zero-order chi connectivity index (χ0) is 13.0. The minimum Gasteiger partial charge on any atom is -0.543 e. The number of likely N-dealkylation sites (tertiary alicyclic amines) is 1. The maximum Gasteiger partial charge on any atom is 0.242 e. The highest BCUT2D eigenvalue weighted by Gasteiger charge is 2.17. The maximum atomic E-state index is 6.05. The van der Waals surface area contributed by atoms with E-state index in [0.717, 1.165) is 24.5 Å². The van der Waals surface area contributed by atoms with Crippen LogP contribution in [0.4, 0.5) is 5.69 Å². The van der Waals surface area contributed by atoms with E-state index in [1.165, 1.54) is 12.8 Å². The molecule has 1 fully saturated rings. The Kier molecular flexibility index (Phi) is 4.06. The second kappa shape index (κ2) is 5.57. The van der Waals surface area contributed by atoms with Gasteiger partial charge in [0.2, 0.25) is 8.32 Å². The van der Waals surface area contributed by atoms with Gasteiger partial charge in [-0.05, 0) is 44.6 Å². The van der Waals surface area contributed by atoms with Crippen molar-refractivity contribution in [2.24, 2.45) is 4.99 Å². The molecule has 98 valence electrons. The fourth-order valence-electron chi connectivity index (χ4n) is 1.98. The van der Waals surface area contributed by atoms with Crippen LogP contribution in [0.2, 0.25) is 19.6 Å². The maximum absolute atomic E-state index is 6.05. The number of aliphatic imine (C=N–C) groups is 1. The molecule has 0 atom stereocenters. The fraction of sp³-hybridized carbons (Fsp3) is 0.500. The quantitative estimate of drug-likeness (QED) is 0.470. The molecule has 0 saturated carbocycles. The summed E-state index contributed by atoms with van der Waals surface area (Å²) in [6.45, 7) is 8.82. The first kappa shape index (κ1) is 13.1. The molecule has 1 aliphatic rings. The summed E-state index contributed by atoms with van der Waals surface area (Å²) < 4.78 is 6.05. The minimum absolute atomic E-state index is 0.909. The zero-order valence-corrected chi connectivity index (χ0v) is 12.5. The van der Waals surface area contributed by atoms with Crippen LogP contribution in [0.25, 0.3) is 0 Å². The van der Waals surface area contributed by atoms with Crippen LogP contribution in [0.3, 0.4) is 0 Å². The summed E-state index contributed by atoms with van der Waals surface area (Å²) in [7, 11) is -1.58. The van der Waals surface area contributed by atoms with Gasteiger partial charge in [-0.3, -0.25) is 0 Å². The van der Waals surface area contributed by atoms with Crippen molar-refractivity contribution in [3.8, 4) is 5.75 Å². The zero-order valence-electron chi connectivity index (χ0n) is 11.5. The van der Waals surface area contributed by atoms with Crippen LogP contribution in [0.15, 0.2) is 29.3 Å². The predicted molar refractivity (Wildman–Crippen MR) is 79.4 cm³/mol. The number of hydrogen-bond donors (Lipinski definition) is 0. The Morgan fingerprint density at radius 1 is 1.17 bits per heavy atom. The van der Waals surface area contributed by atoms with Gasteiger partial charge in [0.1, 0.15) is 11.4 Å². The summed E-state index contributed by atoms with van der Waals surface area (Å²) in [5, 5.41) is 0. The molecule has 0 spiro atoms. The number of rotatable bonds is 4. The van der Waals surface area contributed by atoms with E-state index in [1.807, 2.05) is 30.6 Å². The Balaban J connectivity index is 2.11. The van der Waals surface area contributed by atoms with Gasteiger partial charge >= 0.3 is 0 Å². The third-order valence-electron chi connectivity index (χ3n) is 2.78. The predicted octanol–water partition coefficient (Wildman–Crippen LogP) is 3.66. The van der Waals surface area contributed by atoms with Crippen LogP contribution in [-0.2, 0) is 0 Å². The minimum atomic E-state index is -1.58. The van der Waals surface area contributed by atoms with Crippen molar-refractivity contribution in [3.63, 3.8) is 0 Å². The van der Waals surface area contributed by atoms with Gasteiger partial charge in [0.05, 0.1) is 6.34 Å². The first-order valence-corrected chi connectivity index (χ1v) is 10.0. The van der Waals surface area contributed by atoms with E-state index in [2.05, 4.69) is 29.5 Å². The van der Waals surface area contributed by atoms with Gasteiger partial charge < -0.3 is 9.33 Å². The lowest BCUT2D eigenvalue weighted by atomic mass is 10.3. The van der Waals surface area contributed by atoms with Crippen molar-refractivity contribution in [2.45, 2.75) is 32.5 Å². The van der Waals surface area contributed by atoms with Gasteiger partial charge in [0.25, 0.3) is 0 Å². The average Bonchev–Trinajstić information content (AvgIpc) is 2.79. The molecule has 1 aromatic carbocycles. The monoisotopic (exact) mass is 262 g/mol. The molecule has 18 heavy (non-hydrogen) atoms. The second-order valence-corrected chi connectivity index (χ2v) is 10.1. The van der Waals surface area contributed by atoms with Crippen molar-refractivity contribution < 1.29 is 4.43 Å². The smallest absolute Gasteiger partial charge is 0.242 e. The average molecular weight is 262 g/mol. The van der Waals surface area contributed by atoms with Gasteiger partial charge in [-0.25, -0.2) is 4.99 Å². The van der Waals surface area contributed by atoms with E-state index >= 15 is 0 Å². The number of para-hydroxylation sites is 2. The number of nitrogens with zero attached hydrogens (tertiary/aromatic N) is 2. The van der Waals surface area contributed by atoms with E-state index in [-0.39, 0.29) is 0 Å². The topological polar surface area (TPSA) is 24.8 Å². The van der Waals surface area contributed by atoms with Crippen LogP contribution in [-0.4, -0.2) is 32.6 Å². The highest BCUT2D eigenvalue weighted by atomic mass is 28.4. The molecule has 0 bridgehead atoms. The molecule has 0 aliphatic carbocycles. The lowest BCUT2D eigenvalue weighted by molar-refractivity contribution is 0.534. The number of hydrogen-bond acceptors (Lipinski definition) is 2. The van der Waals surface area contributed by atoms with Crippen LogP contribution in [0, 0.1) is 0 Å². The van der Waals surface area contributed by atoms with Gasteiger partial charge in [-0.15, -0.1) is 0 Å². The summed E-state index contributed by atoms with van der Waals surface area (Å²) in [6, 6.07) is 8.04. The second-order valence-electron chi connectivity index (χ2n) is 5.67. The fourth-order valence-corrected chi connectivity index (χ4v) is 2.81. The van der Waals surface area contributed by atoms with Crippen LogP contribution < -0.4 is 4.43 Å². The van der Waals surface area contributed by atoms with Crippen LogP contribution >= 0.6 is 0 Å². The lowest BCUT2D eigenvalue weighted by Gasteiger charge is -2.20. The Morgan fingerprint density at radius 2 is 1.83 bits per heavy atom. The van der Waals surface area contributed by atoms with Crippen molar-refractivity contribution in [3.05, 3.63) is 24.3 Å². The molecule has 1 aliphatic heterocycles.